The lowest BCUT2D eigenvalue weighted by molar-refractivity contribution is 0.0625. The van der Waals surface area contributed by atoms with E-state index in [-0.39, 0.29) is 24.0 Å². The molecule has 1 aromatic rings. The van der Waals surface area contributed by atoms with Crippen LogP contribution in [0.4, 0.5) is 0 Å². The number of benzene rings is 1. The van der Waals surface area contributed by atoms with Gasteiger partial charge in [0.25, 0.3) is 0 Å². The Morgan fingerprint density at radius 3 is 2.67 bits per heavy atom. The van der Waals surface area contributed by atoms with E-state index in [1.165, 1.54) is 30.4 Å². The molecule has 5 heteroatoms. The number of nitrogens with one attached hydrogen (secondary N) is 1. The Morgan fingerprint density at radius 2 is 2.00 bits per heavy atom. The van der Waals surface area contributed by atoms with E-state index in [2.05, 4.69) is 55.4 Å². The molecule has 0 spiro atoms. The third-order valence-electron chi connectivity index (χ3n) is 4.57. The first kappa shape index (κ1) is 21.2. The van der Waals surface area contributed by atoms with Crippen LogP contribution in [-0.4, -0.2) is 44.2 Å². The van der Waals surface area contributed by atoms with Crippen molar-refractivity contribution in [3.05, 3.63) is 35.4 Å². The molecule has 1 aliphatic heterocycles. The van der Waals surface area contributed by atoms with E-state index in [9.17, 15) is 0 Å². The minimum atomic E-state index is 0. The van der Waals surface area contributed by atoms with Crippen molar-refractivity contribution < 1.29 is 4.74 Å². The van der Waals surface area contributed by atoms with Gasteiger partial charge in [0, 0.05) is 33.4 Å². The summed E-state index contributed by atoms with van der Waals surface area (Å²) in [7, 11) is 2.14. The zero-order chi connectivity index (χ0) is 16.5. The van der Waals surface area contributed by atoms with Crippen molar-refractivity contribution in [2.24, 2.45) is 10.9 Å². The van der Waals surface area contributed by atoms with Crippen LogP contribution in [0.2, 0.25) is 0 Å². The number of halogens is 1. The van der Waals surface area contributed by atoms with Gasteiger partial charge in [0.1, 0.15) is 0 Å². The summed E-state index contributed by atoms with van der Waals surface area (Å²) in [6.07, 6.45) is 3.62. The maximum absolute atomic E-state index is 5.44. The van der Waals surface area contributed by atoms with Crippen LogP contribution in [0.25, 0.3) is 0 Å². The van der Waals surface area contributed by atoms with Crippen molar-refractivity contribution >= 4 is 29.9 Å². The molecule has 0 amide bonds. The predicted octanol–water partition coefficient (Wildman–Crippen LogP) is 3.83. The standard InChI is InChI=1S/C19H31N3O.HI/c1-4-20-19(21-15-18-8-6-5-7-16(18)2)22(3)12-9-17-10-13-23-14-11-17;/h5-8,17H,4,9-15H2,1-3H3,(H,20,21);1H. The molecule has 1 N–H and O–H groups in total. The van der Waals surface area contributed by atoms with E-state index in [1.807, 2.05) is 0 Å². The molecule has 136 valence electrons. The summed E-state index contributed by atoms with van der Waals surface area (Å²) in [6.45, 7) is 8.79. The molecule has 0 unspecified atom stereocenters. The highest BCUT2D eigenvalue weighted by molar-refractivity contribution is 14.0. The minimum Gasteiger partial charge on any atom is -0.381 e. The Bertz CT molecular complexity index is 501. The van der Waals surface area contributed by atoms with Gasteiger partial charge in [-0.25, -0.2) is 4.99 Å². The fourth-order valence-corrected chi connectivity index (χ4v) is 2.93. The molecule has 0 aromatic heterocycles. The molecule has 4 nitrogen and oxygen atoms in total. The van der Waals surface area contributed by atoms with Gasteiger partial charge < -0.3 is 15.0 Å². The Hall–Kier alpha value is -0.820. The van der Waals surface area contributed by atoms with Gasteiger partial charge in [0.2, 0.25) is 0 Å². The second kappa shape index (κ2) is 11.7. The minimum absolute atomic E-state index is 0. The van der Waals surface area contributed by atoms with Crippen molar-refractivity contribution in [3.8, 4) is 0 Å². The number of aliphatic imine (C=N–C) groups is 1. The number of rotatable bonds is 6. The number of hydrogen-bond donors (Lipinski definition) is 1. The number of hydrogen-bond acceptors (Lipinski definition) is 2. The predicted molar refractivity (Wildman–Crippen MR) is 112 cm³/mol. The van der Waals surface area contributed by atoms with E-state index in [0.717, 1.165) is 44.7 Å². The van der Waals surface area contributed by atoms with Gasteiger partial charge in [-0.3, -0.25) is 0 Å². The van der Waals surface area contributed by atoms with E-state index in [4.69, 9.17) is 9.73 Å². The number of aryl methyl sites for hydroxylation is 1. The number of ether oxygens (including phenoxy) is 1. The van der Waals surface area contributed by atoms with Crippen LogP contribution < -0.4 is 5.32 Å². The SMILES string of the molecule is CCNC(=NCc1ccccc1C)N(C)CCC1CCOCC1.I. The molecule has 1 fully saturated rings. The fourth-order valence-electron chi connectivity index (χ4n) is 2.93. The summed E-state index contributed by atoms with van der Waals surface area (Å²) in [5.74, 6) is 1.80. The van der Waals surface area contributed by atoms with Gasteiger partial charge in [-0.15, -0.1) is 24.0 Å². The van der Waals surface area contributed by atoms with E-state index < -0.39 is 0 Å². The van der Waals surface area contributed by atoms with Crippen molar-refractivity contribution in [1.29, 1.82) is 0 Å². The lowest BCUT2D eigenvalue weighted by Crippen LogP contribution is -2.40. The summed E-state index contributed by atoms with van der Waals surface area (Å²) in [5.41, 5.74) is 2.60. The Labute approximate surface area is 164 Å². The third-order valence-corrected chi connectivity index (χ3v) is 4.57. The smallest absolute Gasteiger partial charge is 0.193 e. The zero-order valence-corrected chi connectivity index (χ0v) is 17.6. The molecular formula is C19H32IN3O. The van der Waals surface area contributed by atoms with Gasteiger partial charge in [0.15, 0.2) is 5.96 Å². The molecule has 0 radical (unpaired) electrons. The monoisotopic (exact) mass is 445 g/mol. The highest BCUT2D eigenvalue weighted by Gasteiger charge is 2.15. The Kier molecular flexibility index (Phi) is 10.3. The van der Waals surface area contributed by atoms with Crippen LogP contribution in [0.1, 0.15) is 37.3 Å². The number of guanidine groups is 1. The van der Waals surface area contributed by atoms with Crippen molar-refractivity contribution in [3.63, 3.8) is 0 Å². The molecule has 2 rings (SSSR count). The average Bonchev–Trinajstić information content (AvgIpc) is 2.58. The zero-order valence-electron chi connectivity index (χ0n) is 15.3. The fraction of sp³-hybridized carbons (Fsp3) is 0.632. The van der Waals surface area contributed by atoms with Crippen LogP contribution in [-0.2, 0) is 11.3 Å². The van der Waals surface area contributed by atoms with Gasteiger partial charge in [-0.05, 0) is 50.2 Å². The van der Waals surface area contributed by atoms with Crippen LogP contribution >= 0.6 is 24.0 Å². The lowest BCUT2D eigenvalue weighted by Gasteiger charge is -2.27. The maximum atomic E-state index is 5.44. The summed E-state index contributed by atoms with van der Waals surface area (Å²) in [4.78, 5) is 7.08. The molecule has 1 aliphatic rings. The second-order valence-electron chi connectivity index (χ2n) is 6.36. The second-order valence-corrected chi connectivity index (χ2v) is 6.36. The van der Waals surface area contributed by atoms with Gasteiger partial charge in [-0.2, -0.15) is 0 Å². The normalized spacial score (nSPS) is 15.7. The maximum Gasteiger partial charge on any atom is 0.193 e. The van der Waals surface area contributed by atoms with Gasteiger partial charge in [0.05, 0.1) is 6.54 Å². The van der Waals surface area contributed by atoms with Crippen LogP contribution in [0, 0.1) is 12.8 Å². The molecule has 1 aromatic carbocycles. The van der Waals surface area contributed by atoms with Crippen molar-refractivity contribution in [2.75, 3.05) is 33.4 Å². The third kappa shape index (κ3) is 6.97. The molecule has 0 atom stereocenters. The van der Waals surface area contributed by atoms with Gasteiger partial charge >= 0.3 is 0 Å². The lowest BCUT2D eigenvalue weighted by atomic mass is 9.96. The summed E-state index contributed by atoms with van der Waals surface area (Å²) >= 11 is 0. The van der Waals surface area contributed by atoms with E-state index in [1.54, 1.807) is 0 Å². The Morgan fingerprint density at radius 1 is 1.29 bits per heavy atom. The molecule has 1 saturated heterocycles. The highest BCUT2D eigenvalue weighted by atomic mass is 127. The molecule has 24 heavy (non-hydrogen) atoms. The molecule has 1 heterocycles. The molecular weight excluding hydrogens is 413 g/mol. The van der Waals surface area contributed by atoms with Crippen LogP contribution in [0.5, 0.6) is 0 Å². The summed E-state index contributed by atoms with van der Waals surface area (Å²) < 4.78 is 5.44. The van der Waals surface area contributed by atoms with Gasteiger partial charge in [-0.1, -0.05) is 24.3 Å². The van der Waals surface area contributed by atoms with E-state index >= 15 is 0 Å². The number of nitrogens with zero attached hydrogens (tertiary/aromatic N) is 2. The van der Waals surface area contributed by atoms with Crippen molar-refractivity contribution in [2.45, 2.75) is 39.7 Å². The molecule has 0 saturated carbocycles. The first-order valence-electron chi connectivity index (χ1n) is 8.82. The first-order chi connectivity index (χ1) is 11.2. The molecule has 0 aliphatic carbocycles. The summed E-state index contributed by atoms with van der Waals surface area (Å²) in [6, 6.07) is 8.46. The topological polar surface area (TPSA) is 36.9 Å². The van der Waals surface area contributed by atoms with Crippen LogP contribution in [0.3, 0.4) is 0 Å². The first-order valence-corrected chi connectivity index (χ1v) is 8.82. The average molecular weight is 445 g/mol. The summed E-state index contributed by atoms with van der Waals surface area (Å²) in [5, 5.41) is 3.41. The van der Waals surface area contributed by atoms with Crippen LogP contribution in [0.15, 0.2) is 29.3 Å². The van der Waals surface area contributed by atoms with E-state index in [0.29, 0.717) is 0 Å². The largest absolute Gasteiger partial charge is 0.381 e. The molecule has 0 bridgehead atoms. The van der Waals surface area contributed by atoms with Crippen molar-refractivity contribution in [1.82, 2.24) is 10.2 Å². The Balaban J connectivity index is 0.00000288. The highest BCUT2D eigenvalue weighted by Crippen LogP contribution is 2.18. The quantitative estimate of drug-likeness (QED) is 0.411.